The third-order valence-corrected chi connectivity index (χ3v) is 6.96. The molecule has 0 atom stereocenters. The number of urea groups is 1. The van der Waals surface area contributed by atoms with Gasteiger partial charge in [0.2, 0.25) is 0 Å². The van der Waals surface area contributed by atoms with Gasteiger partial charge in [0, 0.05) is 17.5 Å². The molecule has 0 aliphatic heterocycles. The van der Waals surface area contributed by atoms with E-state index >= 15 is 4.39 Å². The number of esters is 2. The van der Waals surface area contributed by atoms with Gasteiger partial charge in [-0.15, -0.1) is 11.3 Å². The summed E-state index contributed by atoms with van der Waals surface area (Å²) < 4.78 is 69.2. The molecule has 2 aromatic carbocycles. The van der Waals surface area contributed by atoms with E-state index in [0.717, 1.165) is 56.6 Å². The van der Waals surface area contributed by atoms with Crippen molar-refractivity contribution < 1.29 is 51.2 Å². The van der Waals surface area contributed by atoms with Gasteiger partial charge in [0.25, 0.3) is 0 Å². The Morgan fingerprint density at radius 3 is 2.22 bits per heavy atom. The van der Waals surface area contributed by atoms with Crippen molar-refractivity contribution in [1.29, 1.82) is 0 Å². The molecule has 0 bridgehead atoms. The average molecular weight is 595 g/mol. The molecule has 218 valence electrons. The van der Waals surface area contributed by atoms with E-state index in [1.807, 2.05) is 0 Å². The second-order valence-electron chi connectivity index (χ2n) is 8.78. The predicted octanol–water partition coefficient (Wildman–Crippen LogP) is 5.76. The van der Waals surface area contributed by atoms with Crippen molar-refractivity contribution in [2.24, 2.45) is 5.92 Å². The Morgan fingerprint density at radius 2 is 1.56 bits per heavy atom. The maximum Gasteiger partial charge on any atom is 0.349 e. The van der Waals surface area contributed by atoms with E-state index in [-0.39, 0.29) is 51.2 Å². The zero-order chi connectivity index (χ0) is 29.7. The number of amides is 2. The number of nitrogens with one attached hydrogen (secondary N) is 2. The van der Waals surface area contributed by atoms with Gasteiger partial charge in [0.05, 0.1) is 44.9 Å². The second-order valence-corrected chi connectivity index (χ2v) is 9.66. The number of benzene rings is 2. The van der Waals surface area contributed by atoms with Crippen LogP contribution in [0, 0.1) is 23.4 Å². The molecular formula is C27H25F3N2O8S. The Labute approximate surface area is 236 Å². The van der Waals surface area contributed by atoms with E-state index in [2.05, 4.69) is 15.4 Å². The maximum atomic E-state index is 15.0. The molecule has 3 aromatic rings. The lowest BCUT2D eigenvalue weighted by molar-refractivity contribution is 0.0561. The van der Waals surface area contributed by atoms with Crippen molar-refractivity contribution in [3.8, 4) is 17.2 Å². The molecule has 0 radical (unpaired) electrons. The first-order valence-electron chi connectivity index (χ1n) is 12.1. The number of hydrogen-bond donors (Lipinski definition) is 2. The molecule has 2 amide bonds. The number of carbonyl (C=O) groups excluding carboxylic acids is 3. The number of carbonyl (C=O) groups is 3. The molecular weight excluding hydrogens is 569 g/mol. The smallest absolute Gasteiger partial charge is 0.349 e. The normalized spacial score (nSPS) is 12.3. The summed E-state index contributed by atoms with van der Waals surface area (Å²) >= 11 is 0.835. The predicted molar refractivity (Wildman–Crippen MR) is 142 cm³/mol. The van der Waals surface area contributed by atoms with Crippen LogP contribution >= 0.6 is 11.3 Å². The lowest BCUT2D eigenvalue weighted by Gasteiger charge is -2.17. The standard InChI is InChI=1S/C27H25F3N2O8S/c1-36-19-7-6-15(28)23(30)14(19)11-40-21-9-17(16(29)8-20(21)39-10-13-4-5-13)31-27(35)32-18-12-41-24(26(34)38-3)22(18)25(33)37-2/h6-9,12-13H,4-5,10-11H2,1-3H3,(H2,31,32,35). The quantitative estimate of drug-likeness (QED) is 0.269. The second kappa shape index (κ2) is 12.8. The lowest BCUT2D eigenvalue weighted by Crippen LogP contribution is -2.22. The molecule has 1 heterocycles. The molecule has 2 N–H and O–H groups in total. The molecule has 10 nitrogen and oxygen atoms in total. The largest absolute Gasteiger partial charge is 0.496 e. The fourth-order valence-electron chi connectivity index (χ4n) is 3.67. The van der Waals surface area contributed by atoms with Gasteiger partial charge in [-0.1, -0.05) is 0 Å². The fraction of sp³-hybridized carbons (Fsp3) is 0.296. The molecule has 14 heteroatoms. The van der Waals surface area contributed by atoms with E-state index in [4.69, 9.17) is 18.9 Å². The van der Waals surface area contributed by atoms with Gasteiger partial charge in [-0.2, -0.15) is 0 Å². The average Bonchev–Trinajstić information content (AvgIpc) is 3.71. The summed E-state index contributed by atoms with van der Waals surface area (Å²) in [5.74, 6) is -4.62. The first-order valence-corrected chi connectivity index (χ1v) is 13.0. The summed E-state index contributed by atoms with van der Waals surface area (Å²) in [5, 5.41) is 5.99. The number of rotatable bonds is 11. The number of ether oxygens (including phenoxy) is 5. The summed E-state index contributed by atoms with van der Waals surface area (Å²) in [5.41, 5.74) is -0.883. The lowest BCUT2D eigenvalue weighted by atomic mass is 10.2. The molecule has 4 rings (SSSR count). The number of anilines is 2. The number of halogens is 3. The molecule has 1 aliphatic rings. The van der Waals surface area contributed by atoms with Gasteiger partial charge >= 0.3 is 18.0 Å². The molecule has 1 aliphatic carbocycles. The molecule has 0 saturated heterocycles. The minimum Gasteiger partial charge on any atom is -0.496 e. The first kappa shape index (κ1) is 29.5. The van der Waals surface area contributed by atoms with Crippen molar-refractivity contribution in [2.75, 3.05) is 38.6 Å². The minimum atomic E-state index is -1.17. The van der Waals surface area contributed by atoms with E-state index in [1.54, 1.807) is 0 Å². The SMILES string of the molecule is COC(=O)c1scc(NC(=O)Nc2cc(OCc3c(OC)ccc(F)c3F)c(OCC3CC3)cc2F)c1C(=O)OC. The summed E-state index contributed by atoms with van der Waals surface area (Å²) in [7, 11) is 3.51. The van der Waals surface area contributed by atoms with Crippen LogP contribution in [-0.2, 0) is 16.1 Å². The highest BCUT2D eigenvalue weighted by atomic mass is 32.1. The Balaban J connectivity index is 1.58. The monoisotopic (exact) mass is 594 g/mol. The first-order chi connectivity index (χ1) is 19.7. The van der Waals surface area contributed by atoms with E-state index in [0.29, 0.717) is 5.92 Å². The van der Waals surface area contributed by atoms with Gasteiger partial charge < -0.3 is 34.3 Å². The Bertz CT molecular complexity index is 1480. The molecule has 41 heavy (non-hydrogen) atoms. The molecule has 1 saturated carbocycles. The topological polar surface area (TPSA) is 121 Å². The van der Waals surface area contributed by atoms with Crippen molar-refractivity contribution in [3.05, 3.63) is 63.1 Å². The maximum absolute atomic E-state index is 15.0. The highest BCUT2D eigenvalue weighted by molar-refractivity contribution is 7.13. The summed E-state index contributed by atoms with van der Waals surface area (Å²) in [6.07, 6.45) is 1.91. The highest BCUT2D eigenvalue weighted by Gasteiger charge is 2.27. The van der Waals surface area contributed by atoms with E-state index in [1.165, 1.54) is 18.6 Å². The van der Waals surface area contributed by atoms with Gasteiger partial charge in [-0.25, -0.2) is 27.6 Å². The van der Waals surface area contributed by atoms with Crippen LogP contribution < -0.4 is 24.8 Å². The van der Waals surface area contributed by atoms with Crippen LogP contribution in [0.3, 0.4) is 0 Å². The Hall–Kier alpha value is -4.46. The van der Waals surface area contributed by atoms with Crippen LogP contribution in [0.15, 0.2) is 29.6 Å². The van der Waals surface area contributed by atoms with Crippen LogP contribution in [0.4, 0.5) is 29.3 Å². The highest BCUT2D eigenvalue weighted by Crippen LogP contribution is 2.37. The molecule has 1 fully saturated rings. The van der Waals surface area contributed by atoms with Crippen LogP contribution in [0.1, 0.15) is 38.4 Å². The van der Waals surface area contributed by atoms with Crippen molar-refractivity contribution >= 4 is 40.7 Å². The molecule has 0 unspecified atom stereocenters. The zero-order valence-corrected chi connectivity index (χ0v) is 22.9. The van der Waals surface area contributed by atoms with Crippen molar-refractivity contribution in [2.45, 2.75) is 19.4 Å². The van der Waals surface area contributed by atoms with Crippen LogP contribution in [0.25, 0.3) is 0 Å². The minimum absolute atomic E-state index is 0.00957. The molecule has 0 spiro atoms. The summed E-state index contributed by atoms with van der Waals surface area (Å²) in [6.45, 7) is -0.213. The number of hydrogen-bond acceptors (Lipinski definition) is 9. The number of methoxy groups -OCH3 is 3. The van der Waals surface area contributed by atoms with E-state index in [9.17, 15) is 23.2 Å². The molecule has 1 aromatic heterocycles. The van der Waals surface area contributed by atoms with Crippen molar-refractivity contribution in [1.82, 2.24) is 0 Å². The van der Waals surface area contributed by atoms with Gasteiger partial charge in [-0.05, 0) is 30.9 Å². The third-order valence-electron chi connectivity index (χ3n) is 6.00. The van der Waals surface area contributed by atoms with Crippen LogP contribution in [-0.4, -0.2) is 45.9 Å². The number of thiophene rings is 1. The van der Waals surface area contributed by atoms with Gasteiger partial charge in [0.15, 0.2) is 29.0 Å². The zero-order valence-electron chi connectivity index (χ0n) is 22.1. The third kappa shape index (κ3) is 6.82. The Kier molecular flexibility index (Phi) is 9.22. The van der Waals surface area contributed by atoms with Crippen LogP contribution in [0.2, 0.25) is 0 Å². The fourth-order valence-corrected chi connectivity index (χ4v) is 4.58. The van der Waals surface area contributed by atoms with Gasteiger partial charge in [0.1, 0.15) is 22.8 Å². The Morgan fingerprint density at radius 1 is 0.878 bits per heavy atom. The van der Waals surface area contributed by atoms with E-state index < -0.39 is 42.0 Å². The van der Waals surface area contributed by atoms with Crippen molar-refractivity contribution in [3.63, 3.8) is 0 Å². The summed E-state index contributed by atoms with van der Waals surface area (Å²) in [4.78, 5) is 37.0. The van der Waals surface area contributed by atoms with Gasteiger partial charge in [-0.3, -0.25) is 0 Å². The summed E-state index contributed by atoms with van der Waals surface area (Å²) in [6, 6.07) is 3.29. The van der Waals surface area contributed by atoms with Crippen LogP contribution in [0.5, 0.6) is 17.2 Å².